The molecule has 2 aromatic carbocycles. The van der Waals surface area contributed by atoms with Gasteiger partial charge in [-0.05, 0) is 49.2 Å². The molecule has 0 saturated carbocycles. The van der Waals surface area contributed by atoms with E-state index in [2.05, 4.69) is 10.1 Å². The summed E-state index contributed by atoms with van der Waals surface area (Å²) >= 11 is 0. The summed E-state index contributed by atoms with van der Waals surface area (Å²) in [6.07, 6.45) is -5.41. The first-order chi connectivity index (χ1) is 15.5. The van der Waals surface area contributed by atoms with Gasteiger partial charge in [-0.25, -0.2) is 4.39 Å². The summed E-state index contributed by atoms with van der Waals surface area (Å²) < 4.78 is 60.6. The van der Waals surface area contributed by atoms with Crippen LogP contribution in [-0.4, -0.2) is 53.9 Å². The summed E-state index contributed by atoms with van der Waals surface area (Å²) in [5.41, 5.74) is -0.472. The van der Waals surface area contributed by atoms with Crippen LogP contribution in [0.15, 0.2) is 36.4 Å². The van der Waals surface area contributed by atoms with Crippen molar-refractivity contribution in [1.29, 1.82) is 0 Å². The average molecular weight is 470 g/mol. The van der Waals surface area contributed by atoms with Crippen LogP contribution in [0.2, 0.25) is 0 Å². The number of halogens is 4. The van der Waals surface area contributed by atoms with E-state index in [0.29, 0.717) is 23.5 Å². The maximum atomic E-state index is 14.0. The minimum absolute atomic E-state index is 0.0247. The molecule has 178 valence electrons. The number of piperidine rings is 1. The Morgan fingerprint density at radius 2 is 1.88 bits per heavy atom. The maximum Gasteiger partial charge on any atom is 0.573 e. The molecule has 1 amide bonds. The summed E-state index contributed by atoms with van der Waals surface area (Å²) in [4.78, 5) is 13.3. The topological polar surface area (TPSA) is 91.3 Å². The number of aliphatic hydroxyl groups is 2. The quantitative estimate of drug-likeness (QED) is 0.583. The SMILES string of the molecule is O=C1CCc2c(OC[C@]3(O)CCN(c4ccc(OC(F)(F)F)cc4)C[C@H]3O)ccc(F)c2N1. The summed E-state index contributed by atoms with van der Waals surface area (Å²) in [7, 11) is 0. The minimum Gasteiger partial charge on any atom is -0.490 e. The Bertz CT molecular complexity index is 1030. The second-order valence-electron chi connectivity index (χ2n) is 8.09. The van der Waals surface area contributed by atoms with E-state index >= 15 is 0 Å². The van der Waals surface area contributed by atoms with E-state index in [4.69, 9.17) is 4.74 Å². The molecule has 0 aromatic heterocycles. The Balaban J connectivity index is 1.40. The third-order valence-electron chi connectivity index (χ3n) is 5.83. The van der Waals surface area contributed by atoms with Gasteiger partial charge in [-0.1, -0.05) is 0 Å². The molecule has 7 nitrogen and oxygen atoms in total. The minimum atomic E-state index is -4.78. The number of nitrogens with zero attached hydrogens (tertiary/aromatic N) is 1. The fraction of sp³-hybridized carbons (Fsp3) is 0.409. The second-order valence-corrected chi connectivity index (χ2v) is 8.09. The highest BCUT2D eigenvalue weighted by atomic mass is 19.4. The maximum absolute atomic E-state index is 14.0. The van der Waals surface area contributed by atoms with Crippen molar-refractivity contribution in [2.45, 2.75) is 37.3 Å². The van der Waals surface area contributed by atoms with Gasteiger partial charge in [0.25, 0.3) is 0 Å². The molecule has 3 N–H and O–H groups in total. The number of amides is 1. The van der Waals surface area contributed by atoms with Crippen LogP contribution < -0.4 is 19.7 Å². The first-order valence-electron chi connectivity index (χ1n) is 10.3. The zero-order valence-corrected chi connectivity index (χ0v) is 17.4. The fourth-order valence-corrected chi connectivity index (χ4v) is 3.99. The van der Waals surface area contributed by atoms with E-state index in [1.54, 1.807) is 4.90 Å². The van der Waals surface area contributed by atoms with Gasteiger partial charge in [0.15, 0.2) is 0 Å². The summed E-state index contributed by atoms with van der Waals surface area (Å²) in [5, 5.41) is 24.0. The van der Waals surface area contributed by atoms with E-state index < -0.39 is 23.9 Å². The molecule has 0 radical (unpaired) electrons. The predicted molar refractivity (Wildman–Crippen MR) is 110 cm³/mol. The van der Waals surface area contributed by atoms with Crippen LogP contribution in [0.3, 0.4) is 0 Å². The fourth-order valence-electron chi connectivity index (χ4n) is 3.99. The third-order valence-corrected chi connectivity index (χ3v) is 5.83. The second kappa shape index (κ2) is 8.71. The largest absolute Gasteiger partial charge is 0.573 e. The number of hydrogen-bond acceptors (Lipinski definition) is 6. The molecule has 2 aliphatic rings. The number of rotatable bonds is 5. The highest BCUT2D eigenvalue weighted by Gasteiger charge is 2.42. The number of carbonyl (C=O) groups is 1. The zero-order valence-electron chi connectivity index (χ0n) is 17.4. The van der Waals surface area contributed by atoms with Crippen molar-refractivity contribution < 1.29 is 42.0 Å². The number of nitrogens with one attached hydrogen (secondary N) is 1. The first kappa shape index (κ1) is 23.1. The molecule has 0 spiro atoms. The number of ether oxygens (including phenoxy) is 2. The van der Waals surface area contributed by atoms with Crippen LogP contribution in [0.5, 0.6) is 11.5 Å². The molecule has 0 unspecified atom stereocenters. The smallest absolute Gasteiger partial charge is 0.490 e. The van der Waals surface area contributed by atoms with Gasteiger partial charge in [0.2, 0.25) is 5.91 Å². The van der Waals surface area contributed by atoms with Gasteiger partial charge in [-0.2, -0.15) is 0 Å². The van der Waals surface area contributed by atoms with Crippen LogP contribution in [0.4, 0.5) is 28.9 Å². The van der Waals surface area contributed by atoms with Crippen molar-refractivity contribution in [2.75, 3.05) is 29.9 Å². The average Bonchev–Trinajstić information content (AvgIpc) is 2.75. The molecule has 4 rings (SSSR count). The highest BCUT2D eigenvalue weighted by molar-refractivity contribution is 5.94. The van der Waals surface area contributed by atoms with E-state index in [-0.39, 0.29) is 49.8 Å². The number of aliphatic hydroxyl groups excluding tert-OH is 1. The van der Waals surface area contributed by atoms with Gasteiger partial charge < -0.3 is 29.9 Å². The third kappa shape index (κ3) is 5.14. The lowest BCUT2D eigenvalue weighted by Crippen LogP contribution is -2.58. The number of fused-ring (bicyclic) bond motifs is 1. The van der Waals surface area contributed by atoms with Crippen molar-refractivity contribution in [3.63, 3.8) is 0 Å². The summed E-state index contributed by atoms with van der Waals surface area (Å²) in [5.74, 6) is -0.913. The lowest BCUT2D eigenvalue weighted by Gasteiger charge is -2.42. The molecule has 11 heteroatoms. The van der Waals surface area contributed by atoms with Crippen LogP contribution >= 0.6 is 0 Å². The Kier molecular flexibility index (Phi) is 6.10. The van der Waals surface area contributed by atoms with Crippen molar-refractivity contribution >= 4 is 17.3 Å². The molecule has 1 fully saturated rings. The van der Waals surface area contributed by atoms with Gasteiger partial charge in [0.1, 0.15) is 35.6 Å². The van der Waals surface area contributed by atoms with Crippen molar-refractivity contribution in [2.24, 2.45) is 0 Å². The Hall–Kier alpha value is -3.05. The van der Waals surface area contributed by atoms with Gasteiger partial charge in [-0.15, -0.1) is 13.2 Å². The van der Waals surface area contributed by atoms with E-state index in [1.807, 2.05) is 0 Å². The van der Waals surface area contributed by atoms with Crippen LogP contribution in [0.1, 0.15) is 18.4 Å². The number of carbonyl (C=O) groups excluding carboxylic acids is 1. The molecule has 2 aromatic rings. The van der Waals surface area contributed by atoms with Gasteiger partial charge in [0.05, 0.1) is 5.69 Å². The first-order valence-corrected chi connectivity index (χ1v) is 10.3. The Labute approximate surface area is 186 Å². The summed E-state index contributed by atoms with van der Waals surface area (Å²) in [6, 6.07) is 7.81. The van der Waals surface area contributed by atoms with Crippen LogP contribution in [0, 0.1) is 5.82 Å². The van der Waals surface area contributed by atoms with Crippen LogP contribution in [-0.2, 0) is 11.2 Å². The molecule has 0 bridgehead atoms. The zero-order chi connectivity index (χ0) is 23.8. The lowest BCUT2D eigenvalue weighted by atomic mass is 9.89. The molecular formula is C22H22F4N2O5. The number of alkyl halides is 3. The molecular weight excluding hydrogens is 448 g/mol. The van der Waals surface area contributed by atoms with Crippen molar-refractivity contribution in [3.8, 4) is 11.5 Å². The van der Waals surface area contributed by atoms with Gasteiger partial charge in [-0.3, -0.25) is 4.79 Å². The Morgan fingerprint density at radius 1 is 1.15 bits per heavy atom. The number of anilines is 2. The number of β-amino-alcohol motifs (C(OH)–C–C–N with tert-alkyl or cyclic N) is 1. The molecule has 2 heterocycles. The van der Waals surface area contributed by atoms with Crippen molar-refractivity contribution in [3.05, 3.63) is 47.8 Å². The van der Waals surface area contributed by atoms with Gasteiger partial charge >= 0.3 is 6.36 Å². The normalized spacial score (nSPS) is 23.0. The monoisotopic (exact) mass is 470 g/mol. The lowest BCUT2D eigenvalue weighted by molar-refractivity contribution is -0.274. The van der Waals surface area contributed by atoms with Crippen molar-refractivity contribution in [1.82, 2.24) is 0 Å². The molecule has 1 saturated heterocycles. The molecule has 0 aliphatic carbocycles. The molecule has 2 atom stereocenters. The molecule has 2 aliphatic heterocycles. The predicted octanol–water partition coefficient (Wildman–Crippen LogP) is 2.99. The van der Waals surface area contributed by atoms with Crippen LogP contribution in [0.25, 0.3) is 0 Å². The number of hydrogen-bond donors (Lipinski definition) is 3. The summed E-state index contributed by atoms with van der Waals surface area (Å²) in [6.45, 7) is 0.0806. The Morgan fingerprint density at radius 3 is 2.55 bits per heavy atom. The highest BCUT2D eigenvalue weighted by Crippen LogP contribution is 2.35. The standard InChI is InChI=1S/C22H22F4N2O5/c23-16-6-7-17(15-5-8-19(30)27-20(15)16)32-12-21(31)9-10-28(11-18(21)29)13-1-3-14(4-2-13)33-22(24,25)26/h1-4,6-7,18,29,31H,5,8-12H2,(H,27,30)/t18-,21-/m1/s1. The molecule has 33 heavy (non-hydrogen) atoms. The van der Waals surface area contributed by atoms with E-state index in [9.17, 15) is 32.6 Å². The van der Waals surface area contributed by atoms with E-state index in [1.165, 1.54) is 30.3 Å². The van der Waals surface area contributed by atoms with E-state index in [0.717, 1.165) is 6.07 Å². The number of benzene rings is 2. The van der Waals surface area contributed by atoms with Gasteiger partial charge in [0, 0.05) is 30.8 Å².